The van der Waals surface area contributed by atoms with E-state index in [4.69, 9.17) is 0 Å². The van der Waals surface area contributed by atoms with Crippen molar-refractivity contribution in [2.75, 3.05) is 6.54 Å². The van der Waals surface area contributed by atoms with Gasteiger partial charge >= 0.3 is 0 Å². The van der Waals surface area contributed by atoms with E-state index >= 15 is 0 Å². The smallest absolute Gasteiger partial charge is 0.0358 e. The van der Waals surface area contributed by atoms with Crippen molar-refractivity contribution in [3.8, 4) is 0 Å². The first-order chi connectivity index (χ1) is 8.08. The average molecular weight is 236 g/mol. The van der Waals surface area contributed by atoms with Crippen LogP contribution in [0.4, 0.5) is 0 Å². The van der Waals surface area contributed by atoms with Gasteiger partial charge in [0.2, 0.25) is 0 Å². The van der Waals surface area contributed by atoms with Crippen LogP contribution in [0.15, 0.2) is 18.5 Å². The lowest BCUT2D eigenvalue weighted by molar-refractivity contribution is 0.419. The molecule has 2 unspecified atom stereocenters. The highest BCUT2D eigenvalue weighted by Crippen LogP contribution is 2.22. The summed E-state index contributed by atoms with van der Waals surface area (Å²) < 4.78 is 2.33. The quantitative estimate of drug-likeness (QED) is 0.761. The first kappa shape index (κ1) is 14.3. The second-order valence-electron chi connectivity index (χ2n) is 5.43. The van der Waals surface area contributed by atoms with E-state index in [0.717, 1.165) is 19.0 Å². The molecule has 98 valence electrons. The van der Waals surface area contributed by atoms with Crippen LogP contribution < -0.4 is 5.32 Å². The van der Waals surface area contributed by atoms with E-state index in [1.165, 1.54) is 12.0 Å². The minimum atomic E-state index is 0.484. The highest BCUT2D eigenvalue weighted by molar-refractivity contribution is 5.16. The maximum atomic E-state index is 3.57. The van der Waals surface area contributed by atoms with E-state index < -0.39 is 0 Å². The first-order valence-corrected chi connectivity index (χ1v) is 6.97. The molecule has 0 aliphatic carbocycles. The molecule has 0 spiro atoms. The van der Waals surface area contributed by atoms with Gasteiger partial charge in [0.25, 0.3) is 0 Å². The van der Waals surface area contributed by atoms with Crippen LogP contribution in [0, 0.1) is 11.8 Å². The number of hydrogen-bond donors (Lipinski definition) is 1. The Labute approximate surface area is 106 Å². The van der Waals surface area contributed by atoms with Crippen molar-refractivity contribution in [1.82, 2.24) is 9.88 Å². The third-order valence-corrected chi connectivity index (χ3v) is 3.44. The summed E-state index contributed by atoms with van der Waals surface area (Å²) in [4.78, 5) is 0. The zero-order valence-electron chi connectivity index (χ0n) is 12.0. The standard InChI is InChI=1S/C15H28N2/c1-6-13(5)10-17-9-8-14(11-17)15(12(3)4)16-7-2/h8-9,11-13,15-16H,6-7,10H2,1-5H3. The van der Waals surface area contributed by atoms with Crippen LogP contribution in [-0.2, 0) is 6.54 Å². The molecular weight excluding hydrogens is 208 g/mol. The molecule has 1 rings (SSSR count). The maximum absolute atomic E-state index is 3.57. The van der Waals surface area contributed by atoms with Gasteiger partial charge < -0.3 is 9.88 Å². The van der Waals surface area contributed by atoms with Gasteiger partial charge in [-0.05, 0) is 30.0 Å². The number of aromatic nitrogens is 1. The van der Waals surface area contributed by atoms with Crippen molar-refractivity contribution in [1.29, 1.82) is 0 Å². The van der Waals surface area contributed by atoms with Crippen LogP contribution in [0.25, 0.3) is 0 Å². The van der Waals surface area contributed by atoms with Crippen LogP contribution in [0.3, 0.4) is 0 Å². The molecule has 0 radical (unpaired) electrons. The summed E-state index contributed by atoms with van der Waals surface area (Å²) >= 11 is 0. The van der Waals surface area contributed by atoms with Gasteiger partial charge in [0.1, 0.15) is 0 Å². The molecule has 0 saturated heterocycles. The lowest BCUT2D eigenvalue weighted by Crippen LogP contribution is -2.25. The molecule has 2 heteroatoms. The molecule has 0 bridgehead atoms. The SMILES string of the molecule is CCNC(c1ccn(CC(C)CC)c1)C(C)C. The maximum Gasteiger partial charge on any atom is 0.0358 e. The zero-order valence-corrected chi connectivity index (χ0v) is 12.0. The van der Waals surface area contributed by atoms with Gasteiger partial charge in [-0.25, -0.2) is 0 Å². The van der Waals surface area contributed by atoms with Gasteiger partial charge in [-0.2, -0.15) is 0 Å². The van der Waals surface area contributed by atoms with Crippen molar-refractivity contribution in [3.63, 3.8) is 0 Å². The molecule has 0 saturated carbocycles. The van der Waals surface area contributed by atoms with E-state index in [0.29, 0.717) is 12.0 Å². The van der Waals surface area contributed by atoms with Crippen LogP contribution >= 0.6 is 0 Å². The van der Waals surface area contributed by atoms with Gasteiger partial charge in [0, 0.05) is 25.0 Å². The predicted octanol–water partition coefficient (Wildman–Crippen LogP) is 3.84. The average Bonchev–Trinajstić information content (AvgIpc) is 2.73. The van der Waals surface area contributed by atoms with Gasteiger partial charge in [-0.15, -0.1) is 0 Å². The molecular formula is C15H28N2. The van der Waals surface area contributed by atoms with E-state index in [2.05, 4.69) is 63.0 Å². The molecule has 1 aromatic heterocycles. The molecule has 1 aromatic rings. The number of nitrogens with zero attached hydrogens (tertiary/aromatic N) is 1. The summed E-state index contributed by atoms with van der Waals surface area (Å²) in [5.74, 6) is 1.39. The lowest BCUT2D eigenvalue weighted by Gasteiger charge is -2.20. The van der Waals surface area contributed by atoms with Crippen molar-refractivity contribution in [3.05, 3.63) is 24.0 Å². The Kier molecular flexibility index (Phi) is 5.76. The highest BCUT2D eigenvalue weighted by Gasteiger charge is 2.15. The second kappa shape index (κ2) is 6.85. The summed E-state index contributed by atoms with van der Waals surface area (Å²) in [5.41, 5.74) is 1.42. The monoisotopic (exact) mass is 236 g/mol. The fourth-order valence-corrected chi connectivity index (χ4v) is 2.20. The van der Waals surface area contributed by atoms with Crippen LogP contribution in [-0.4, -0.2) is 11.1 Å². The normalized spacial score (nSPS) is 15.2. The van der Waals surface area contributed by atoms with E-state index in [1.54, 1.807) is 0 Å². The van der Waals surface area contributed by atoms with E-state index in [-0.39, 0.29) is 0 Å². The van der Waals surface area contributed by atoms with Gasteiger partial charge in [-0.1, -0.05) is 41.0 Å². The van der Waals surface area contributed by atoms with Crippen molar-refractivity contribution >= 4 is 0 Å². The summed E-state index contributed by atoms with van der Waals surface area (Å²) in [7, 11) is 0. The third kappa shape index (κ3) is 4.19. The number of nitrogens with one attached hydrogen (secondary N) is 1. The molecule has 0 amide bonds. The predicted molar refractivity (Wildman–Crippen MR) is 75.1 cm³/mol. The Bertz CT molecular complexity index is 314. The molecule has 0 fully saturated rings. The Morgan fingerprint density at radius 1 is 1.24 bits per heavy atom. The molecule has 17 heavy (non-hydrogen) atoms. The third-order valence-electron chi connectivity index (χ3n) is 3.44. The van der Waals surface area contributed by atoms with Gasteiger partial charge in [0.15, 0.2) is 0 Å². The number of hydrogen-bond acceptors (Lipinski definition) is 1. The largest absolute Gasteiger partial charge is 0.354 e. The highest BCUT2D eigenvalue weighted by atomic mass is 15.0. The Morgan fingerprint density at radius 2 is 1.94 bits per heavy atom. The fraction of sp³-hybridized carbons (Fsp3) is 0.733. The fourth-order valence-electron chi connectivity index (χ4n) is 2.20. The van der Waals surface area contributed by atoms with Crippen LogP contribution in [0.2, 0.25) is 0 Å². The molecule has 2 atom stereocenters. The molecule has 0 aromatic carbocycles. The summed E-state index contributed by atoms with van der Waals surface area (Å²) in [6.07, 6.45) is 5.77. The molecule has 2 nitrogen and oxygen atoms in total. The molecule has 1 N–H and O–H groups in total. The molecule has 1 heterocycles. The Balaban J connectivity index is 2.70. The molecule has 0 aliphatic heterocycles. The number of rotatable bonds is 7. The van der Waals surface area contributed by atoms with Crippen LogP contribution in [0.5, 0.6) is 0 Å². The van der Waals surface area contributed by atoms with Crippen molar-refractivity contribution in [2.45, 2.75) is 53.6 Å². The van der Waals surface area contributed by atoms with Gasteiger partial charge in [-0.3, -0.25) is 0 Å². The summed E-state index contributed by atoms with van der Waals surface area (Å²) in [6.45, 7) is 13.4. The minimum absolute atomic E-state index is 0.484. The van der Waals surface area contributed by atoms with E-state index in [1.807, 2.05) is 0 Å². The second-order valence-corrected chi connectivity index (χ2v) is 5.43. The summed E-state index contributed by atoms with van der Waals surface area (Å²) in [5, 5.41) is 3.57. The van der Waals surface area contributed by atoms with Crippen LogP contribution in [0.1, 0.15) is 52.6 Å². The van der Waals surface area contributed by atoms with Crippen molar-refractivity contribution in [2.24, 2.45) is 11.8 Å². The first-order valence-electron chi connectivity index (χ1n) is 6.97. The topological polar surface area (TPSA) is 17.0 Å². The van der Waals surface area contributed by atoms with E-state index in [9.17, 15) is 0 Å². The zero-order chi connectivity index (χ0) is 12.8. The minimum Gasteiger partial charge on any atom is -0.354 e. The Hall–Kier alpha value is -0.760. The molecule has 0 aliphatic rings. The Morgan fingerprint density at radius 3 is 2.47 bits per heavy atom. The lowest BCUT2D eigenvalue weighted by atomic mass is 9.98. The van der Waals surface area contributed by atoms with Crippen molar-refractivity contribution < 1.29 is 0 Å². The summed E-state index contributed by atoms with van der Waals surface area (Å²) in [6, 6.07) is 2.74. The van der Waals surface area contributed by atoms with Gasteiger partial charge in [0.05, 0.1) is 0 Å².